The Morgan fingerprint density at radius 3 is 2.60 bits per heavy atom. The molecule has 2 aliphatic heterocycles. The summed E-state index contributed by atoms with van der Waals surface area (Å²) in [5, 5.41) is 0. The molecule has 0 atom stereocenters. The normalized spacial score (nSPS) is 23.2. The lowest BCUT2D eigenvalue weighted by Gasteiger charge is -2.46. The van der Waals surface area contributed by atoms with E-state index in [0.29, 0.717) is 30.5 Å². The number of carbonyl (C=O) groups excluding carboxylic acids is 2. The van der Waals surface area contributed by atoms with Crippen LogP contribution in [0.3, 0.4) is 0 Å². The molecule has 1 aromatic rings. The van der Waals surface area contributed by atoms with Crippen LogP contribution in [-0.4, -0.2) is 47.8 Å². The first-order valence-corrected chi connectivity index (χ1v) is 9.42. The summed E-state index contributed by atoms with van der Waals surface area (Å²) in [4.78, 5) is 29.5. The zero-order valence-corrected chi connectivity index (χ0v) is 14.5. The van der Waals surface area contributed by atoms with Crippen LogP contribution in [0.4, 0.5) is 4.39 Å². The molecule has 2 amide bonds. The van der Waals surface area contributed by atoms with Crippen LogP contribution in [0.2, 0.25) is 0 Å². The molecule has 1 aliphatic carbocycles. The molecule has 2 heterocycles. The highest BCUT2D eigenvalue weighted by Gasteiger charge is 2.47. The van der Waals surface area contributed by atoms with Crippen molar-refractivity contribution in [2.75, 3.05) is 26.2 Å². The van der Waals surface area contributed by atoms with Gasteiger partial charge in [0.1, 0.15) is 5.82 Å². The molecule has 0 radical (unpaired) electrons. The summed E-state index contributed by atoms with van der Waals surface area (Å²) in [5.41, 5.74) is 0.118. The van der Waals surface area contributed by atoms with Crippen LogP contribution in [0.25, 0.3) is 0 Å². The molecule has 0 N–H and O–H groups in total. The first-order chi connectivity index (χ1) is 12.1. The van der Waals surface area contributed by atoms with Gasteiger partial charge in [-0.05, 0) is 62.6 Å². The van der Waals surface area contributed by atoms with Crippen LogP contribution in [-0.2, 0) is 4.79 Å². The number of nitrogens with zero attached hydrogens (tertiary/aromatic N) is 2. The fourth-order valence-corrected chi connectivity index (χ4v) is 4.34. The van der Waals surface area contributed by atoms with Gasteiger partial charge in [0.2, 0.25) is 5.91 Å². The maximum atomic E-state index is 13.4. The maximum Gasteiger partial charge on any atom is 0.253 e. The van der Waals surface area contributed by atoms with Crippen molar-refractivity contribution in [3.8, 4) is 0 Å². The summed E-state index contributed by atoms with van der Waals surface area (Å²) >= 11 is 0. The van der Waals surface area contributed by atoms with E-state index in [2.05, 4.69) is 4.90 Å². The highest BCUT2D eigenvalue weighted by molar-refractivity contribution is 5.94. The van der Waals surface area contributed by atoms with Crippen molar-refractivity contribution in [1.29, 1.82) is 0 Å². The van der Waals surface area contributed by atoms with Gasteiger partial charge in [0, 0.05) is 31.7 Å². The molecule has 0 aromatic heterocycles. The van der Waals surface area contributed by atoms with E-state index in [-0.39, 0.29) is 11.3 Å². The van der Waals surface area contributed by atoms with Crippen molar-refractivity contribution < 1.29 is 14.0 Å². The minimum atomic E-state index is -0.391. The van der Waals surface area contributed by atoms with E-state index >= 15 is 0 Å². The van der Waals surface area contributed by atoms with Crippen molar-refractivity contribution in [2.24, 2.45) is 11.3 Å². The number of piperidine rings is 2. The van der Waals surface area contributed by atoms with E-state index in [4.69, 9.17) is 0 Å². The standard InChI is InChI=1S/C20H25FN2O2/c21-17-4-1-3-16(13-17)18(24)22-11-8-20(9-12-22)7-2-10-23(19(20)25)14-15-5-6-15/h1,3-4,13,15H,2,5-12,14H2. The molecule has 3 fully saturated rings. The Balaban J connectivity index is 1.41. The third kappa shape index (κ3) is 3.29. The number of carbonyl (C=O) groups is 2. The first kappa shape index (κ1) is 16.6. The average molecular weight is 344 g/mol. The van der Waals surface area contributed by atoms with Gasteiger partial charge in [-0.2, -0.15) is 0 Å². The number of likely N-dealkylation sites (tertiary alicyclic amines) is 2. The van der Waals surface area contributed by atoms with E-state index < -0.39 is 5.82 Å². The third-order valence-corrected chi connectivity index (χ3v) is 6.08. The van der Waals surface area contributed by atoms with Gasteiger partial charge >= 0.3 is 0 Å². The fraction of sp³-hybridized carbons (Fsp3) is 0.600. The molecule has 4 nitrogen and oxygen atoms in total. The van der Waals surface area contributed by atoms with Gasteiger partial charge in [-0.25, -0.2) is 4.39 Å². The van der Waals surface area contributed by atoms with Crippen molar-refractivity contribution >= 4 is 11.8 Å². The lowest BCUT2D eigenvalue weighted by atomic mass is 9.71. The lowest BCUT2D eigenvalue weighted by Crippen LogP contribution is -2.54. The summed E-state index contributed by atoms with van der Waals surface area (Å²) in [6, 6.07) is 5.85. The predicted octanol–water partition coefficient (Wildman–Crippen LogP) is 3.08. The SMILES string of the molecule is O=C(c1cccc(F)c1)N1CCC2(CCCN(CC3CC3)C2=O)CC1. The molecule has 0 bridgehead atoms. The number of hydrogen-bond donors (Lipinski definition) is 0. The van der Waals surface area contributed by atoms with E-state index in [1.54, 1.807) is 17.0 Å². The fourth-order valence-electron chi connectivity index (χ4n) is 4.34. The number of halogens is 1. The largest absolute Gasteiger partial charge is 0.342 e. The second kappa shape index (κ2) is 6.43. The minimum absolute atomic E-state index is 0.132. The quantitative estimate of drug-likeness (QED) is 0.845. The second-order valence-corrected chi connectivity index (χ2v) is 7.88. The molecule has 2 saturated heterocycles. The Morgan fingerprint density at radius 1 is 1.16 bits per heavy atom. The van der Waals surface area contributed by atoms with E-state index in [1.165, 1.54) is 25.0 Å². The number of hydrogen-bond acceptors (Lipinski definition) is 2. The van der Waals surface area contributed by atoms with Gasteiger partial charge in [0.25, 0.3) is 5.91 Å². The molecule has 3 aliphatic rings. The highest BCUT2D eigenvalue weighted by Crippen LogP contribution is 2.42. The molecule has 134 valence electrons. The number of amides is 2. The van der Waals surface area contributed by atoms with Crippen molar-refractivity contribution in [3.63, 3.8) is 0 Å². The third-order valence-electron chi connectivity index (χ3n) is 6.08. The van der Waals surface area contributed by atoms with Crippen LogP contribution in [0.15, 0.2) is 24.3 Å². The van der Waals surface area contributed by atoms with Gasteiger partial charge < -0.3 is 9.80 Å². The van der Waals surface area contributed by atoms with Crippen molar-refractivity contribution in [3.05, 3.63) is 35.6 Å². The van der Waals surface area contributed by atoms with Crippen LogP contribution in [0, 0.1) is 17.2 Å². The van der Waals surface area contributed by atoms with Crippen LogP contribution >= 0.6 is 0 Å². The first-order valence-electron chi connectivity index (χ1n) is 9.42. The van der Waals surface area contributed by atoms with Gasteiger partial charge in [0.15, 0.2) is 0 Å². The van der Waals surface area contributed by atoms with E-state index in [9.17, 15) is 14.0 Å². The number of rotatable bonds is 3. The average Bonchev–Trinajstić information content (AvgIpc) is 3.43. The molecule has 1 aromatic carbocycles. The Kier molecular flexibility index (Phi) is 4.26. The summed E-state index contributed by atoms with van der Waals surface area (Å²) in [6.45, 7) is 2.98. The molecule has 1 spiro atoms. The lowest BCUT2D eigenvalue weighted by molar-refractivity contribution is -0.149. The topological polar surface area (TPSA) is 40.6 Å². The van der Waals surface area contributed by atoms with Gasteiger partial charge in [0.05, 0.1) is 5.41 Å². The van der Waals surface area contributed by atoms with E-state index in [0.717, 1.165) is 38.8 Å². The maximum absolute atomic E-state index is 13.4. The van der Waals surface area contributed by atoms with E-state index in [1.807, 2.05) is 0 Å². The summed E-state index contributed by atoms with van der Waals surface area (Å²) in [5.74, 6) is 0.502. The van der Waals surface area contributed by atoms with Crippen LogP contribution < -0.4 is 0 Å². The van der Waals surface area contributed by atoms with Gasteiger partial charge in [-0.3, -0.25) is 9.59 Å². The molecule has 0 unspecified atom stereocenters. The zero-order chi connectivity index (χ0) is 17.4. The van der Waals surface area contributed by atoms with Gasteiger partial charge in [-0.15, -0.1) is 0 Å². The Hall–Kier alpha value is -1.91. The summed E-state index contributed by atoms with van der Waals surface area (Å²) in [6.07, 6.45) is 5.98. The monoisotopic (exact) mass is 344 g/mol. The molecular formula is C20H25FN2O2. The Bertz CT molecular complexity index is 678. The predicted molar refractivity (Wildman–Crippen MR) is 92.5 cm³/mol. The highest BCUT2D eigenvalue weighted by atomic mass is 19.1. The molecular weight excluding hydrogens is 319 g/mol. The van der Waals surface area contributed by atoms with Gasteiger partial charge in [-0.1, -0.05) is 6.07 Å². The Labute approximate surface area is 148 Å². The van der Waals surface area contributed by atoms with Crippen molar-refractivity contribution in [1.82, 2.24) is 9.80 Å². The molecule has 5 heteroatoms. The van der Waals surface area contributed by atoms with Crippen molar-refractivity contribution in [2.45, 2.75) is 38.5 Å². The second-order valence-electron chi connectivity index (χ2n) is 7.88. The number of benzene rings is 1. The smallest absolute Gasteiger partial charge is 0.253 e. The van der Waals surface area contributed by atoms with Crippen LogP contribution in [0.1, 0.15) is 48.9 Å². The summed E-state index contributed by atoms with van der Waals surface area (Å²) in [7, 11) is 0. The van der Waals surface area contributed by atoms with Crippen LogP contribution in [0.5, 0.6) is 0 Å². The molecule has 25 heavy (non-hydrogen) atoms. The summed E-state index contributed by atoms with van der Waals surface area (Å²) < 4.78 is 13.4. The zero-order valence-electron chi connectivity index (χ0n) is 14.5. The minimum Gasteiger partial charge on any atom is -0.342 e. The molecule has 1 saturated carbocycles. The molecule has 4 rings (SSSR count). The Morgan fingerprint density at radius 2 is 1.92 bits per heavy atom.